The van der Waals surface area contributed by atoms with Crippen molar-refractivity contribution in [3.05, 3.63) is 35.4 Å². The quantitative estimate of drug-likeness (QED) is 0.811. The van der Waals surface area contributed by atoms with Crippen molar-refractivity contribution in [2.24, 2.45) is 5.92 Å². The van der Waals surface area contributed by atoms with Gasteiger partial charge in [-0.1, -0.05) is 43.5 Å². The highest BCUT2D eigenvalue weighted by Crippen LogP contribution is 2.41. The molecule has 104 valence electrons. The van der Waals surface area contributed by atoms with E-state index in [1.807, 2.05) is 0 Å². The first-order chi connectivity index (χ1) is 9.34. The van der Waals surface area contributed by atoms with Crippen LogP contribution in [-0.4, -0.2) is 6.04 Å². The zero-order valence-electron chi connectivity index (χ0n) is 12.2. The molecule has 0 saturated heterocycles. The van der Waals surface area contributed by atoms with E-state index >= 15 is 0 Å². The maximum Gasteiger partial charge on any atom is 0.0210 e. The number of hydrogen-bond donors (Lipinski definition) is 1. The fourth-order valence-electron chi connectivity index (χ4n) is 3.56. The third kappa shape index (κ3) is 3.39. The highest BCUT2D eigenvalue weighted by atomic mass is 14.9. The summed E-state index contributed by atoms with van der Waals surface area (Å²) in [6, 6.07) is 9.71. The second-order valence-corrected chi connectivity index (χ2v) is 6.54. The van der Waals surface area contributed by atoms with E-state index in [2.05, 4.69) is 36.5 Å². The molecule has 0 unspecified atom stereocenters. The molecule has 0 heterocycles. The van der Waals surface area contributed by atoms with Gasteiger partial charge < -0.3 is 5.32 Å². The van der Waals surface area contributed by atoms with E-state index in [1.54, 1.807) is 5.56 Å². The molecule has 2 fully saturated rings. The van der Waals surface area contributed by atoms with Gasteiger partial charge in [-0.15, -0.1) is 0 Å². The monoisotopic (exact) mass is 257 g/mol. The van der Waals surface area contributed by atoms with Crippen molar-refractivity contribution in [1.29, 1.82) is 0 Å². The molecular formula is C18H27N. The average Bonchev–Trinajstić information content (AvgIpc) is 3.30. The molecule has 2 aliphatic carbocycles. The van der Waals surface area contributed by atoms with E-state index in [9.17, 15) is 0 Å². The summed E-state index contributed by atoms with van der Waals surface area (Å²) in [5.74, 6) is 1.77. The highest BCUT2D eigenvalue weighted by Gasteiger charge is 2.26. The third-order valence-corrected chi connectivity index (χ3v) is 5.04. The third-order valence-electron chi connectivity index (χ3n) is 5.04. The van der Waals surface area contributed by atoms with Crippen LogP contribution in [0.3, 0.4) is 0 Å². The second-order valence-electron chi connectivity index (χ2n) is 6.54. The van der Waals surface area contributed by atoms with Crippen LogP contribution in [0.4, 0.5) is 0 Å². The Labute approximate surface area is 117 Å². The summed E-state index contributed by atoms with van der Waals surface area (Å²) in [6.07, 6.45) is 9.99. The SMILES string of the molecule is C[C@@H](NCc1ccccc1C1CC1)C1CCCCC1. The van der Waals surface area contributed by atoms with Gasteiger partial charge in [0.05, 0.1) is 0 Å². The van der Waals surface area contributed by atoms with Crippen molar-refractivity contribution in [3.63, 3.8) is 0 Å². The number of hydrogen-bond acceptors (Lipinski definition) is 1. The van der Waals surface area contributed by atoms with Gasteiger partial charge in [-0.05, 0) is 55.6 Å². The van der Waals surface area contributed by atoms with Gasteiger partial charge in [-0.25, -0.2) is 0 Å². The van der Waals surface area contributed by atoms with Crippen LogP contribution in [0.25, 0.3) is 0 Å². The Bertz CT molecular complexity index is 402. The summed E-state index contributed by atoms with van der Waals surface area (Å²) in [6.45, 7) is 3.44. The second kappa shape index (κ2) is 6.09. The molecular weight excluding hydrogens is 230 g/mol. The Balaban J connectivity index is 1.56. The summed E-state index contributed by atoms with van der Waals surface area (Å²) in [5.41, 5.74) is 3.14. The van der Waals surface area contributed by atoms with Crippen LogP contribution in [0.1, 0.15) is 68.9 Å². The molecule has 1 N–H and O–H groups in total. The Morgan fingerprint density at radius 3 is 2.53 bits per heavy atom. The van der Waals surface area contributed by atoms with Crippen molar-refractivity contribution in [2.45, 2.75) is 70.4 Å². The van der Waals surface area contributed by atoms with Crippen LogP contribution < -0.4 is 5.32 Å². The van der Waals surface area contributed by atoms with Crippen LogP contribution in [0.15, 0.2) is 24.3 Å². The zero-order valence-corrected chi connectivity index (χ0v) is 12.2. The summed E-state index contributed by atoms with van der Waals surface area (Å²) in [7, 11) is 0. The molecule has 2 saturated carbocycles. The molecule has 1 heteroatoms. The van der Waals surface area contributed by atoms with Gasteiger partial charge in [0.2, 0.25) is 0 Å². The number of nitrogens with one attached hydrogen (secondary N) is 1. The predicted molar refractivity (Wildman–Crippen MR) is 81.3 cm³/mol. The van der Waals surface area contributed by atoms with E-state index in [-0.39, 0.29) is 0 Å². The standard InChI is InChI=1S/C18H27N/c1-14(15-7-3-2-4-8-15)19-13-17-9-5-6-10-18(17)16-11-12-16/h5-6,9-10,14-16,19H,2-4,7-8,11-13H2,1H3/t14-/m1/s1. The Morgan fingerprint density at radius 2 is 1.79 bits per heavy atom. The summed E-state index contributed by atoms with van der Waals surface area (Å²) < 4.78 is 0. The Morgan fingerprint density at radius 1 is 1.05 bits per heavy atom. The summed E-state index contributed by atoms with van der Waals surface area (Å²) in [4.78, 5) is 0. The average molecular weight is 257 g/mol. The van der Waals surface area contributed by atoms with Crippen LogP contribution in [-0.2, 0) is 6.54 Å². The first-order valence-electron chi connectivity index (χ1n) is 8.16. The lowest BCUT2D eigenvalue weighted by atomic mass is 9.84. The van der Waals surface area contributed by atoms with Gasteiger partial charge in [-0.2, -0.15) is 0 Å². The minimum absolute atomic E-state index is 0.674. The molecule has 0 amide bonds. The van der Waals surface area contributed by atoms with Crippen molar-refractivity contribution in [3.8, 4) is 0 Å². The Hall–Kier alpha value is -0.820. The van der Waals surface area contributed by atoms with Gasteiger partial charge >= 0.3 is 0 Å². The fourth-order valence-corrected chi connectivity index (χ4v) is 3.56. The maximum absolute atomic E-state index is 3.79. The zero-order chi connectivity index (χ0) is 13.1. The first-order valence-corrected chi connectivity index (χ1v) is 8.16. The lowest BCUT2D eigenvalue weighted by Gasteiger charge is -2.28. The lowest BCUT2D eigenvalue weighted by Crippen LogP contribution is -2.34. The van der Waals surface area contributed by atoms with Gasteiger partial charge in [-0.3, -0.25) is 0 Å². The van der Waals surface area contributed by atoms with Crippen LogP contribution >= 0.6 is 0 Å². The van der Waals surface area contributed by atoms with Crippen LogP contribution in [0.2, 0.25) is 0 Å². The van der Waals surface area contributed by atoms with E-state index in [0.717, 1.165) is 18.4 Å². The van der Waals surface area contributed by atoms with E-state index in [0.29, 0.717) is 6.04 Å². The molecule has 19 heavy (non-hydrogen) atoms. The van der Waals surface area contributed by atoms with Crippen LogP contribution in [0, 0.1) is 5.92 Å². The summed E-state index contributed by atoms with van der Waals surface area (Å²) >= 11 is 0. The minimum Gasteiger partial charge on any atom is -0.310 e. The molecule has 1 atom stereocenters. The van der Waals surface area contributed by atoms with Crippen molar-refractivity contribution in [2.75, 3.05) is 0 Å². The molecule has 1 aromatic rings. The molecule has 0 bridgehead atoms. The molecule has 0 spiro atoms. The van der Waals surface area contributed by atoms with Gasteiger partial charge in [0.1, 0.15) is 0 Å². The van der Waals surface area contributed by atoms with Gasteiger partial charge in [0.25, 0.3) is 0 Å². The minimum atomic E-state index is 0.674. The largest absolute Gasteiger partial charge is 0.310 e. The first kappa shape index (κ1) is 13.2. The van der Waals surface area contributed by atoms with E-state index in [4.69, 9.17) is 0 Å². The molecule has 1 aromatic carbocycles. The number of rotatable bonds is 5. The maximum atomic E-state index is 3.79. The van der Waals surface area contributed by atoms with Crippen molar-refractivity contribution >= 4 is 0 Å². The van der Waals surface area contributed by atoms with Crippen LogP contribution in [0.5, 0.6) is 0 Å². The van der Waals surface area contributed by atoms with Gasteiger partial charge in [0.15, 0.2) is 0 Å². The topological polar surface area (TPSA) is 12.0 Å². The molecule has 3 rings (SSSR count). The Kier molecular flexibility index (Phi) is 4.22. The van der Waals surface area contributed by atoms with E-state index in [1.165, 1.54) is 50.5 Å². The normalized spacial score (nSPS) is 22.4. The smallest absolute Gasteiger partial charge is 0.0210 e. The number of benzene rings is 1. The predicted octanol–water partition coefficient (Wildman–Crippen LogP) is 4.62. The van der Waals surface area contributed by atoms with Crippen molar-refractivity contribution in [1.82, 2.24) is 5.32 Å². The fraction of sp³-hybridized carbons (Fsp3) is 0.667. The van der Waals surface area contributed by atoms with Crippen molar-refractivity contribution < 1.29 is 0 Å². The molecule has 1 nitrogen and oxygen atoms in total. The van der Waals surface area contributed by atoms with Gasteiger partial charge in [0, 0.05) is 12.6 Å². The summed E-state index contributed by atoms with van der Waals surface area (Å²) in [5, 5.41) is 3.79. The molecule has 0 radical (unpaired) electrons. The molecule has 0 aliphatic heterocycles. The molecule has 2 aliphatic rings. The highest BCUT2D eigenvalue weighted by molar-refractivity contribution is 5.33. The molecule has 0 aromatic heterocycles. The lowest BCUT2D eigenvalue weighted by molar-refractivity contribution is 0.280. The van der Waals surface area contributed by atoms with E-state index < -0.39 is 0 Å².